The summed E-state index contributed by atoms with van der Waals surface area (Å²) in [5.74, 6) is -0.152. The molecule has 0 aliphatic heterocycles. The van der Waals surface area contributed by atoms with Gasteiger partial charge in [-0.1, -0.05) is 0 Å². The van der Waals surface area contributed by atoms with E-state index < -0.39 is 17.7 Å². The van der Waals surface area contributed by atoms with Crippen molar-refractivity contribution >= 4 is 5.97 Å². The van der Waals surface area contributed by atoms with E-state index in [1.807, 2.05) is 0 Å². The first kappa shape index (κ1) is 16.8. The Morgan fingerprint density at radius 3 is 2.48 bits per heavy atom. The predicted molar refractivity (Wildman–Crippen MR) is 76.1 cm³/mol. The van der Waals surface area contributed by atoms with Crippen LogP contribution in [0.1, 0.15) is 27.2 Å². The molecule has 0 N–H and O–H groups in total. The molecule has 122 valence electrons. The SMILES string of the molecule is COC(=O)c1ccc(COc2ccc(C(F)(F)F)cc2C)nc1. The van der Waals surface area contributed by atoms with Crippen LogP contribution in [0.3, 0.4) is 0 Å². The summed E-state index contributed by atoms with van der Waals surface area (Å²) in [5, 5.41) is 0. The van der Waals surface area contributed by atoms with Crippen molar-refractivity contribution in [2.24, 2.45) is 0 Å². The average molecular weight is 325 g/mol. The van der Waals surface area contributed by atoms with Gasteiger partial charge in [-0.25, -0.2) is 4.79 Å². The molecule has 0 aliphatic rings. The molecule has 0 spiro atoms. The third-order valence-electron chi connectivity index (χ3n) is 3.12. The van der Waals surface area contributed by atoms with Crippen molar-refractivity contribution in [1.29, 1.82) is 0 Å². The average Bonchev–Trinajstić information content (AvgIpc) is 2.52. The van der Waals surface area contributed by atoms with Gasteiger partial charge in [0.25, 0.3) is 0 Å². The van der Waals surface area contributed by atoms with Crippen LogP contribution in [-0.2, 0) is 17.5 Å². The van der Waals surface area contributed by atoms with Gasteiger partial charge in [0.15, 0.2) is 0 Å². The highest BCUT2D eigenvalue weighted by Crippen LogP contribution is 2.32. The Hall–Kier alpha value is -2.57. The van der Waals surface area contributed by atoms with Crippen molar-refractivity contribution in [2.45, 2.75) is 19.7 Å². The van der Waals surface area contributed by atoms with Gasteiger partial charge in [-0.2, -0.15) is 13.2 Å². The Balaban J connectivity index is 2.05. The molecule has 0 fully saturated rings. The monoisotopic (exact) mass is 325 g/mol. The molecule has 7 heteroatoms. The largest absolute Gasteiger partial charge is 0.487 e. The number of rotatable bonds is 4. The molecule has 0 radical (unpaired) electrons. The van der Waals surface area contributed by atoms with Crippen LogP contribution < -0.4 is 4.74 Å². The van der Waals surface area contributed by atoms with Crippen molar-refractivity contribution in [3.8, 4) is 5.75 Å². The third-order valence-corrected chi connectivity index (χ3v) is 3.12. The summed E-state index contributed by atoms with van der Waals surface area (Å²) in [6.45, 7) is 1.62. The summed E-state index contributed by atoms with van der Waals surface area (Å²) < 4.78 is 47.8. The number of nitrogens with zero attached hydrogens (tertiary/aromatic N) is 1. The van der Waals surface area contributed by atoms with Gasteiger partial charge in [0.05, 0.1) is 23.9 Å². The lowest BCUT2D eigenvalue weighted by atomic mass is 10.1. The van der Waals surface area contributed by atoms with Crippen LogP contribution in [0.5, 0.6) is 5.75 Å². The van der Waals surface area contributed by atoms with Crippen LogP contribution >= 0.6 is 0 Å². The smallest absolute Gasteiger partial charge is 0.416 e. The van der Waals surface area contributed by atoms with Crippen molar-refractivity contribution < 1.29 is 27.4 Å². The summed E-state index contributed by atoms with van der Waals surface area (Å²) in [5.41, 5.74) is 0.507. The van der Waals surface area contributed by atoms with Crippen molar-refractivity contribution in [2.75, 3.05) is 7.11 Å². The molecule has 0 saturated heterocycles. The van der Waals surface area contributed by atoms with Crippen LogP contribution in [0, 0.1) is 6.92 Å². The maximum Gasteiger partial charge on any atom is 0.416 e. The minimum atomic E-state index is -4.38. The van der Waals surface area contributed by atoms with Gasteiger partial charge in [0.2, 0.25) is 0 Å². The first-order valence-corrected chi connectivity index (χ1v) is 6.65. The van der Waals surface area contributed by atoms with Gasteiger partial charge >= 0.3 is 12.1 Å². The van der Waals surface area contributed by atoms with E-state index in [0.717, 1.165) is 12.1 Å². The van der Waals surface area contributed by atoms with E-state index in [2.05, 4.69) is 9.72 Å². The third kappa shape index (κ3) is 4.21. The van der Waals surface area contributed by atoms with E-state index in [-0.39, 0.29) is 6.61 Å². The maximum atomic E-state index is 12.6. The minimum Gasteiger partial charge on any atom is -0.487 e. The number of aryl methyl sites for hydroxylation is 1. The topological polar surface area (TPSA) is 48.4 Å². The molecule has 0 saturated carbocycles. The maximum absolute atomic E-state index is 12.6. The summed E-state index contributed by atoms with van der Waals surface area (Å²) in [4.78, 5) is 15.3. The van der Waals surface area contributed by atoms with Crippen LogP contribution in [0.4, 0.5) is 13.2 Å². The normalized spacial score (nSPS) is 11.2. The Labute approximate surface area is 130 Å². The lowest BCUT2D eigenvalue weighted by Crippen LogP contribution is -2.06. The van der Waals surface area contributed by atoms with E-state index >= 15 is 0 Å². The number of methoxy groups -OCH3 is 1. The van der Waals surface area contributed by atoms with Gasteiger partial charge in [-0.15, -0.1) is 0 Å². The highest BCUT2D eigenvalue weighted by Gasteiger charge is 2.30. The molecule has 0 unspecified atom stereocenters. The van der Waals surface area contributed by atoms with Crippen LogP contribution in [0.15, 0.2) is 36.5 Å². The first-order chi connectivity index (χ1) is 10.8. The number of carbonyl (C=O) groups excluding carboxylic acids is 1. The van der Waals surface area contributed by atoms with Gasteiger partial charge in [-0.05, 0) is 42.8 Å². The van der Waals surface area contributed by atoms with Gasteiger partial charge in [0, 0.05) is 6.20 Å². The molecule has 23 heavy (non-hydrogen) atoms. The molecule has 4 nitrogen and oxygen atoms in total. The molecule has 2 aromatic rings. The van der Waals surface area contributed by atoms with Crippen molar-refractivity contribution in [3.63, 3.8) is 0 Å². The van der Waals surface area contributed by atoms with Gasteiger partial charge in [-0.3, -0.25) is 4.98 Å². The first-order valence-electron chi connectivity index (χ1n) is 6.65. The molecular weight excluding hydrogens is 311 g/mol. The predicted octanol–water partition coefficient (Wildman–Crippen LogP) is 3.77. The van der Waals surface area contributed by atoms with E-state index in [1.165, 1.54) is 25.4 Å². The van der Waals surface area contributed by atoms with Crippen LogP contribution in [0.25, 0.3) is 0 Å². The second kappa shape index (κ2) is 6.68. The van der Waals surface area contributed by atoms with Gasteiger partial charge < -0.3 is 9.47 Å². The summed E-state index contributed by atoms with van der Waals surface area (Å²) in [6, 6.07) is 6.41. The molecule has 1 aromatic heterocycles. The fourth-order valence-electron chi connectivity index (χ4n) is 1.89. The van der Waals surface area contributed by atoms with E-state index in [4.69, 9.17) is 4.74 Å². The molecular formula is C16H14F3NO3. The summed E-state index contributed by atoms with van der Waals surface area (Å²) >= 11 is 0. The van der Waals surface area contributed by atoms with E-state index in [1.54, 1.807) is 13.0 Å². The number of carbonyl (C=O) groups is 1. The summed E-state index contributed by atoms with van der Waals surface area (Å²) in [7, 11) is 1.27. The molecule has 0 bridgehead atoms. The fraction of sp³-hybridized carbons (Fsp3) is 0.250. The molecule has 0 atom stereocenters. The zero-order chi connectivity index (χ0) is 17.0. The molecule has 0 amide bonds. The Kier molecular flexibility index (Phi) is 4.88. The minimum absolute atomic E-state index is 0.0770. The molecule has 1 aromatic carbocycles. The van der Waals surface area contributed by atoms with Crippen LogP contribution in [0.2, 0.25) is 0 Å². The summed E-state index contributed by atoms with van der Waals surface area (Å²) in [6.07, 6.45) is -3.03. The number of aromatic nitrogens is 1. The van der Waals surface area contributed by atoms with Crippen molar-refractivity contribution in [3.05, 3.63) is 58.9 Å². The molecule has 1 heterocycles. The number of benzene rings is 1. The highest BCUT2D eigenvalue weighted by molar-refractivity contribution is 5.88. The quantitative estimate of drug-likeness (QED) is 0.803. The highest BCUT2D eigenvalue weighted by atomic mass is 19.4. The van der Waals surface area contributed by atoms with E-state index in [0.29, 0.717) is 22.6 Å². The second-order valence-electron chi connectivity index (χ2n) is 4.80. The number of halogens is 3. The Morgan fingerprint density at radius 2 is 1.96 bits per heavy atom. The number of hydrogen-bond acceptors (Lipinski definition) is 4. The van der Waals surface area contributed by atoms with E-state index in [9.17, 15) is 18.0 Å². The zero-order valence-electron chi connectivity index (χ0n) is 12.5. The second-order valence-corrected chi connectivity index (χ2v) is 4.80. The van der Waals surface area contributed by atoms with Gasteiger partial charge in [0.1, 0.15) is 12.4 Å². The lowest BCUT2D eigenvalue weighted by Gasteiger charge is -2.12. The fourth-order valence-corrected chi connectivity index (χ4v) is 1.89. The zero-order valence-corrected chi connectivity index (χ0v) is 12.5. The Morgan fingerprint density at radius 1 is 1.22 bits per heavy atom. The molecule has 0 aliphatic carbocycles. The number of hydrogen-bond donors (Lipinski definition) is 0. The standard InChI is InChI=1S/C16H14F3NO3/c1-10-7-12(16(17,18)19)4-6-14(10)23-9-13-5-3-11(8-20-13)15(21)22-2/h3-8H,9H2,1-2H3. The lowest BCUT2D eigenvalue weighted by molar-refractivity contribution is -0.137. The number of pyridine rings is 1. The van der Waals surface area contributed by atoms with Crippen LogP contribution in [-0.4, -0.2) is 18.1 Å². The Bertz CT molecular complexity index is 697. The van der Waals surface area contributed by atoms with Crippen molar-refractivity contribution in [1.82, 2.24) is 4.98 Å². The number of alkyl halides is 3. The number of esters is 1. The number of ether oxygens (including phenoxy) is 2. The molecule has 2 rings (SSSR count).